The Bertz CT molecular complexity index is 678. The molecule has 1 aliphatic heterocycles. The minimum absolute atomic E-state index is 0.0780. The first kappa shape index (κ1) is 15.3. The molecule has 0 aliphatic carbocycles. The molecule has 3 nitrogen and oxygen atoms in total. The molecule has 116 valence electrons. The zero-order valence-electron chi connectivity index (χ0n) is 12.2. The molecule has 0 saturated carbocycles. The van der Waals surface area contributed by atoms with Gasteiger partial charge in [0.15, 0.2) is 11.5 Å². The lowest BCUT2D eigenvalue weighted by molar-refractivity contribution is 0.171. The van der Waals surface area contributed by atoms with Crippen molar-refractivity contribution in [3.05, 3.63) is 57.8 Å². The first-order chi connectivity index (χ1) is 10.6. The minimum Gasteiger partial charge on any atom is -0.486 e. The highest BCUT2D eigenvalue weighted by Gasteiger charge is 2.14. The Morgan fingerprint density at radius 2 is 1.91 bits per heavy atom. The van der Waals surface area contributed by atoms with Gasteiger partial charge in [0.2, 0.25) is 0 Å². The van der Waals surface area contributed by atoms with Crippen molar-refractivity contribution in [1.82, 2.24) is 5.32 Å². The molecule has 5 heteroatoms. The molecule has 3 rings (SSSR count). The van der Waals surface area contributed by atoms with E-state index in [1.54, 1.807) is 12.1 Å². The van der Waals surface area contributed by atoms with E-state index in [4.69, 9.17) is 9.47 Å². The normalized spacial score (nSPS) is 14.7. The van der Waals surface area contributed by atoms with Crippen molar-refractivity contribution in [1.29, 1.82) is 0 Å². The second-order valence-corrected chi connectivity index (χ2v) is 6.16. The molecule has 0 spiro atoms. The summed E-state index contributed by atoms with van der Waals surface area (Å²) < 4.78 is 25.7. The van der Waals surface area contributed by atoms with Crippen LogP contribution in [-0.4, -0.2) is 13.2 Å². The Labute approximate surface area is 137 Å². The number of halogens is 2. The fourth-order valence-electron chi connectivity index (χ4n) is 2.39. The third kappa shape index (κ3) is 3.42. The molecule has 0 amide bonds. The van der Waals surface area contributed by atoms with Gasteiger partial charge >= 0.3 is 0 Å². The maximum atomic E-state index is 13.8. The molecular formula is C17H17BrFNO2. The fourth-order valence-corrected chi connectivity index (χ4v) is 2.80. The van der Waals surface area contributed by atoms with E-state index in [2.05, 4.69) is 21.2 Å². The van der Waals surface area contributed by atoms with E-state index in [0.29, 0.717) is 25.3 Å². The maximum absolute atomic E-state index is 13.8. The average molecular weight is 366 g/mol. The molecule has 0 radical (unpaired) electrons. The second-order valence-electron chi connectivity index (χ2n) is 5.24. The number of rotatable bonds is 4. The van der Waals surface area contributed by atoms with Crippen LogP contribution in [0.3, 0.4) is 0 Å². The summed E-state index contributed by atoms with van der Waals surface area (Å²) in [4.78, 5) is 0. The molecule has 1 aliphatic rings. The van der Waals surface area contributed by atoms with Crippen molar-refractivity contribution in [2.24, 2.45) is 0 Å². The van der Waals surface area contributed by atoms with Crippen LogP contribution in [0.15, 0.2) is 40.9 Å². The van der Waals surface area contributed by atoms with E-state index in [1.165, 1.54) is 6.07 Å². The molecule has 1 atom stereocenters. The van der Waals surface area contributed by atoms with Crippen LogP contribution in [-0.2, 0) is 6.54 Å². The highest BCUT2D eigenvalue weighted by Crippen LogP contribution is 2.32. The molecule has 2 aromatic rings. The molecule has 22 heavy (non-hydrogen) atoms. The summed E-state index contributed by atoms with van der Waals surface area (Å²) in [6.07, 6.45) is 0. The molecule has 1 unspecified atom stereocenters. The predicted molar refractivity (Wildman–Crippen MR) is 86.8 cm³/mol. The number of hydrogen-bond acceptors (Lipinski definition) is 3. The summed E-state index contributed by atoms with van der Waals surface area (Å²) in [5, 5.41) is 3.33. The van der Waals surface area contributed by atoms with Crippen LogP contribution >= 0.6 is 15.9 Å². The van der Waals surface area contributed by atoms with Crippen LogP contribution in [0.1, 0.15) is 24.1 Å². The van der Waals surface area contributed by atoms with E-state index in [1.807, 2.05) is 25.1 Å². The van der Waals surface area contributed by atoms with Crippen LogP contribution in [0.25, 0.3) is 0 Å². The quantitative estimate of drug-likeness (QED) is 0.880. The Balaban J connectivity index is 1.69. The van der Waals surface area contributed by atoms with Crippen LogP contribution in [0.5, 0.6) is 11.5 Å². The van der Waals surface area contributed by atoms with Gasteiger partial charge in [-0.15, -0.1) is 0 Å². The fraction of sp³-hybridized carbons (Fsp3) is 0.294. The van der Waals surface area contributed by atoms with Crippen LogP contribution in [0, 0.1) is 5.82 Å². The molecule has 0 bridgehead atoms. The molecule has 0 saturated heterocycles. The van der Waals surface area contributed by atoms with Crippen molar-refractivity contribution in [2.45, 2.75) is 19.5 Å². The third-order valence-corrected chi connectivity index (χ3v) is 4.17. The third-order valence-electron chi connectivity index (χ3n) is 3.67. The van der Waals surface area contributed by atoms with Gasteiger partial charge in [-0.3, -0.25) is 0 Å². The highest BCUT2D eigenvalue weighted by atomic mass is 79.9. The van der Waals surface area contributed by atoms with E-state index < -0.39 is 0 Å². The zero-order valence-corrected chi connectivity index (χ0v) is 13.8. The van der Waals surface area contributed by atoms with E-state index in [9.17, 15) is 4.39 Å². The van der Waals surface area contributed by atoms with Gasteiger partial charge in [-0.25, -0.2) is 4.39 Å². The number of nitrogens with one attached hydrogen (secondary N) is 1. The number of hydrogen-bond donors (Lipinski definition) is 1. The molecular weight excluding hydrogens is 349 g/mol. The summed E-state index contributed by atoms with van der Waals surface area (Å²) in [7, 11) is 0. The summed E-state index contributed by atoms with van der Waals surface area (Å²) in [5.41, 5.74) is 1.72. The number of ether oxygens (including phenoxy) is 2. The lowest BCUT2D eigenvalue weighted by atomic mass is 10.1. The van der Waals surface area contributed by atoms with E-state index >= 15 is 0 Å². The largest absolute Gasteiger partial charge is 0.486 e. The van der Waals surface area contributed by atoms with Crippen LogP contribution in [0.4, 0.5) is 4.39 Å². The van der Waals surface area contributed by atoms with E-state index in [-0.39, 0.29) is 11.9 Å². The number of fused-ring (bicyclic) bond motifs is 1. The summed E-state index contributed by atoms with van der Waals surface area (Å²) in [5.74, 6) is 1.34. The van der Waals surface area contributed by atoms with Crippen molar-refractivity contribution in [3.8, 4) is 11.5 Å². The first-order valence-electron chi connectivity index (χ1n) is 7.20. The average Bonchev–Trinajstić information content (AvgIpc) is 2.55. The smallest absolute Gasteiger partial charge is 0.161 e. The molecule has 2 aromatic carbocycles. The van der Waals surface area contributed by atoms with Gasteiger partial charge in [0, 0.05) is 22.6 Å². The Kier molecular flexibility index (Phi) is 4.64. The van der Waals surface area contributed by atoms with Crippen molar-refractivity contribution in [2.75, 3.05) is 13.2 Å². The van der Waals surface area contributed by atoms with Gasteiger partial charge in [-0.05, 0) is 42.8 Å². The topological polar surface area (TPSA) is 30.5 Å². The van der Waals surface area contributed by atoms with Gasteiger partial charge in [0.1, 0.15) is 19.0 Å². The molecule has 0 fully saturated rings. The zero-order chi connectivity index (χ0) is 15.5. The van der Waals surface area contributed by atoms with Gasteiger partial charge in [-0.2, -0.15) is 0 Å². The summed E-state index contributed by atoms with van der Waals surface area (Å²) in [6, 6.07) is 10.9. The SMILES string of the molecule is CC(NCc1cc(Br)ccc1F)c1ccc2c(c1)OCCO2. The van der Waals surface area contributed by atoms with Crippen molar-refractivity contribution >= 4 is 15.9 Å². The van der Waals surface area contributed by atoms with Crippen LogP contribution in [0.2, 0.25) is 0 Å². The van der Waals surface area contributed by atoms with Gasteiger partial charge in [-0.1, -0.05) is 22.0 Å². The molecule has 1 N–H and O–H groups in total. The predicted octanol–water partition coefficient (Wildman–Crippen LogP) is 4.21. The summed E-state index contributed by atoms with van der Waals surface area (Å²) >= 11 is 3.36. The Morgan fingerprint density at radius 1 is 1.14 bits per heavy atom. The van der Waals surface area contributed by atoms with Gasteiger partial charge in [0.05, 0.1) is 0 Å². The maximum Gasteiger partial charge on any atom is 0.161 e. The van der Waals surface area contributed by atoms with Gasteiger partial charge in [0.25, 0.3) is 0 Å². The minimum atomic E-state index is -0.204. The molecule has 1 heterocycles. The first-order valence-corrected chi connectivity index (χ1v) is 7.99. The lowest BCUT2D eigenvalue weighted by Gasteiger charge is -2.21. The number of benzene rings is 2. The van der Waals surface area contributed by atoms with Crippen LogP contribution < -0.4 is 14.8 Å². The standard InChI is InChI=1S/C17H17BrFNO2/c1-11(20-10-13-8-14(18)3-4-15(13)19)12-2-5-16-17(9-12)22-7-6-21-16/h2-5,8-9,11,20H,6-7,10H2,1H3. The monoisotopic (exact) mass is 365 g/mol. The molecule has 0 aromatic heterocycles. The highest BCUT2D eigenvalue weighted by molar-refractivity contribution is 9.10. The summed E-state index contributed by atoms with van der Waals surface area (Å²) in [6.45, 7) is 3.66. The Morgan fingerprint density at radius 3 is 2.73 bits per heavy atom. The second kappa shape index (κ2) is 6.67. The lowest BCUT2D eigenvalue weighted by Crippen LogP contribution is -2.20. The van der Waals surface area contributed by atoms with Crippen molar-refractivity contribution in [3.63, 3.8) is 0 Å². The van der Waals surface area contributed by atoms with Gasteiger partial charge < -0.3 is 14.8 Å². The van der Waals surface area contributed by atoms with E-state index in [0.717, 1.165) is 21.5 Å². The Hall–Kier alpha value is -1.59. The van der Waals surface area contributed by atoms with Crippen molar-refractivity contribution < 1.29 is 13.9 Å².